The predicted octanol–water partition coefficient (Wildman–Crippen LogP) is 7.34. The molecule has 1 aromatic carbocycles. The molecule has 0 saturated carbocycles. The van der Waals surface area contributed by atoms with Crippen LogP contribution in [0.15, 0.2) is 24.3 Å². The summed E-state index contributed by atoms with van der Waals surface area (Å²) >= 11 is 0. The van der Waals surface area contributed by atoms with E-state index in [9.17, 15) is 14.4 Å². The molecule has 2 rings (SSSR count). The number of amides is 1. The molecule has 0 aliphatic heterocycles. The Labute approximate surface area is 294 Å². The van der Waals surface area contributed by atoms with Crippen LogP contribution in [0, 0.1) is 5.92 Å². The predicted molar refractivity (Wildman–Crippen MR) is 191 cm³/mol. The summed E-state index contributed by atoms with van der Waals surface area (Å²) in [5.41, 5.74) is 0.916. The Morgan fingerprint density at radius 3 is 2.00 bits per heavy atom. The van der Waals surface area contributed by atoms with Crippen molar-refractivity contribution in [2.75, 3.05) is 39.6 Å². The fraction of sp³-hybridized carbons (Fsp3) is 0.730. The minimum Gasteiger partial charge on any atom is -0.494 e. The van der Waals surface area contributed by atoms with Crippen LogP contribution in [0.3, 0.4) is 0 Å². The number of benzene rings is 1. The van der Waals surface area contributed by atoms with Crippen molar-refractivity contribution in [3.8, 4) is 17.1 Å². The summed E-state index contributed by atoms with van der Waals surface area (Å²) in [4.78, 5) is 34.6. The maximum Gasteiger partial charge on any atom is 0.306 e. The van der Waals surface area contributed by atoms with Gasteiger partial charge in [0, 0.05) is 33.0 Å². The van der Waals surface area contributed by atoms with Crippen molar-refractivity contribution in [3.63, 3.8) is 0 Å². The fourth-order valence-corrected chi connectivity index (χ4v) is 5.40. The van der Waals surface area contributed by atoms with Gasteiger partial charge in [0.05, 0.1) is 25.7 Å². The lowest BCUT2D eigenvalue weighted by atomic mass is 10.0. The Morgan fingerprint density at radius 1 is 0.755 bits per heavy atom. The number of ether oxygens (including phenoxy) is 3. The normalized spacial score (nSPS) is 11.8. The molecule has 12 nitrogen and oxygen atoms in total. The van der Waals surface area contributed by atoms with E-state index in [1.165, 1.54) is 64.2 Å². The molecule has 3 N–H and O–H groups in total. The molecule has 278 valence electrons. The Bertz CT molecular complexity index is 1120. The smallest absolute Gasteiger partial charge is 0.306 e. The molecule has 1 heterocycles. The molecule has 0 unspecified atom stereocenters. The van der Waals surface area contributed by atoms with E-state index in [2.05, 4.69) is 25.9 Å². The summed E-state index contributed by atoms with van der Waals surface area (Å²) in [5, 5.41) is 25.6. The van der Waals surface area contributed by atoms with Crippen LogP contribution in [0.2, 0.25) is 0 Å². The highest BCUT2D eigenvalue weighted by atomic mass is 16.5. The lowest BCUT2D eigenvalue weighted by molar-refractivity contribution is -0.141. The number of nitrogens with one attached hydrogen (secondary N) is 2. The highest BCUT2D eigenvalue weighted by Gasteiger charge is 2.10. The van der Waals surface area contributed by atoms with Crippen molar-refractivity contribution in [2.45, 2.75) is 129 Å². The number of unbranched alkanes of at least 4 members (excludes halogenated alkanes) is 13. The number of carboxylic acids is 1. The summed E-state index contributed by atoms with van der Waals surface area (Å²) in [6, 6.07) is 7.78. The lowest BCUT2D eigenvalue weighted by Gasteiger charge is -2.08. The summed E-state index contributed by atoms with van der Waals surface area (Å²) in [6.45, 7) is 4.18. The number of carboxylic acid groups (broad SMARTS) is 1. The van der Waals surface area contributed by atoms with E-state index in [4.69, 9.17) is 19.3 Å². The number of nitrogens with zero attached hydrogens (tertiary/aromatic N) is 3. The second kappa shape index (κ2) is 28.5. The van der Waals surface area contributed by atoms with Crippen molar-refractivity contribution in [2.24, 2.45) is 5.92 Å². The number of ketones is 1. The van der Waals surface area contributed by atoms with E-state index in [1.54, 1.807) is 6.92 Å². The number of rotatable bonds is 33. The number of carbonyl (C=O) groups is 3. The maximum atomic E-state index is 12.1. The Balaban J connectivity index is 0.0000125. The monoisotopic (exact) mass is 689 g/mol. The number of Topliss-reactive ketones (excluding diaryl/α,β-unsaturated/α-hetero) is 1. The first-order chi connectivity index (χ1) is 24.0. The molecule has 0 fully saturated rings. The van der Waals surface area contributed by atoms with E-state index in [0.717, 1.165) is 50.0 Å². The minimum atomic E-state index is -0.787. The second-order valence-corrected chi connectivity index (χ2v) is 12.8. The van der Waals surface area contributed by atoms with E-state index in [0.29, 0.717) is 63.7 Å². The largest absolute Gasteiger partial charge is 0.494 e. The van der Waals surface area contributed by atoms with Crippen LogP contribution in [0.5, 0.6) is 5.75 Å². The van der Waals surface area contributed by atoms with Crippen molar-refractivity contribution in [3.05, 3.63) is 24.3 Å². The Kier molecular flexibility index (Phi) is 24.3. The number of tetrazole rings is 1. The first-order valence-corrected chi connectivity index (χ1v) is 18.6. The van der Waals surface area contributed by atoms with Crippen LogP contribution >= 0.6 is 0 Å². The average molecular weight is 690 g/mol. The summed E-state index contributed by atoms with van der Waals surface area (Å²) < 4.78 is 16.7. The third kappa shape index (κ3) is 22.8. The number of aromatic amines is 1. The fourth-order valence-electron chi connectivity index (χ4n) is 5.40. The van der Waals surface area contributed by atoms with Gasteiger partial charge < -0.3 is 24.6 Å². The number of aliphatic carboxylic acids is 1. The van der Waals surface area contributed by atoms with Gasteiger partial charge in [-0.15, -0.1) is 10.2 Å². The highest BCUT2D eigenvalue weighted by molar-refractivity contribution is 5.78. The van der Waals surface area contributed by atoms with Gasteiger partial charge in [-0.1, -0.05) is 84.0 Å². The summed E-state index contributed by atoms with van der Waals surface area (Å²) in [7, 11) is 0. The lowest BCUT2D eigenvalue weighted by Crippen LogP contribution is -2.29. The van der Waals surface area contributed by atoms with Gasteiger partial charge in [-0.2, -0.15) is 5.21 Å². The van der Waals surface area contributed by atoms with Crippen molar-refractivity contribution >= 4 is 17.7 Å². The van der Waals surface area contributed by atoms with E-state index in [-0.39, 0.29) is 19.9 Å². The summed E-state index contributed by atoms with van der Waals surface area (Å²) in [6.07, 6.45) is 20.1. The molecule has 0 bridgehead atoms. The Morgan fingerprint density at radius 2 is 1.37 bits per heavy atom. The van der Waals surface area contributed by atoms with Crippen molar-refractivity contribution in [1.29, 1.82) is 0 Å². The van der Waals surface area contributed by atoms with Gasteiger partial charge in [-0.05, 0) is 61.6 Å². The zero-order valence-electron chi connectivity index (χ0n) is 29.8. The number of carbonyl (C=O) groups excluding carboxylic acids is 2. The first kappa shape index (κ1) is 41.8. The Hall–Kier alpha value is -3.38. The van der Waals surface area contributed by atoms with E-state index < -0.39 is 5.97 Å². The van der Waals surface area contributed by atoms with E-state index in [1.807, 2.05) is 24.3 Å². The average Bonchev–Trinajstić information content (AvgIpc) is 3.64. The molecule has 1 atom stereocenters. The quantitative estimate of drug-likeness (QED) is 0.0646. The molecule has 49 heavy (non-hydrogen) atoms. The molecule has 2 aromatic rings. The number of aromatic nitrogens is 4. The van der Waals surface area contributed by atoms with Crippen LogP contribution in [0.4, 0.5) is 0 Å². The molecule has 12 heteroatoms. The van der Waals surface area contributed by atoms with Crippen LogP contribution in [-0.2, 0) is 23.9 Å². The minimum absolute atomic E-state index is 0. The SMILES string of the molecule is C[C@@H](CCCCNC(=O)COCCOCCCC(=O)CCCCCCCCCCCCCCCOc1ccc(-c2nn[nH]n2)cc1)C(=O)O.[HH]. The molecule has 0 saturated heterocycles. The van der Waals surface area contributed by atoms with Gasteiger partial charge >= 0.3 is 5.97 Å². The van der Waals surface area contributed by atoms with Crippen molar-refractivity contribution in [1.82, 2.24) is 25.9 Å². The number of hydrogen-bond acceptors (Lipinski definition) is 9. The zero-order valence-corrected chi connectivity index (χ0v) is 29.8. The van der Waals surface area contributed by atoms with Crippen LogP contribution in [-0.4, -0.2) is 83.0 Å². The van der Waals surface area contributed by atoms with E-state index >= 15 is 0 Å². The van der Waals surface area contributed by atoms with Crippen molar-refractivity contribution < 1.29 is 35.1 Å². The standard InChI is InChI=1S/C37H61N5O7.H2/c1-31(37(45)46)18-14-15-25-38-35(44)30-48-29-28-47-26-17-20-33(43)19-13-11-9-7-5-3-2-4-6-8-10-12-16-27-49-34-23-21-32(22-24-34)36-39-41-42-40-36;/h21-24,31H,2-20,25-30H2,1H3,(H,38,44)(H,45,46)(H,39,40,41,42);1H/t31-;/m0./s1. The van der Waals surface area contributed by atoms with Gasteiger partial charge in [0.1, 0.15) is 18.1 Å². The second-order valence-electron chi connectivity index (χ2n) is 12.8. The van der Waals surface area contributed by atoms with Gasteiger partial charge in [-0.25, -0.2) is 0 Å². The topological polar surface area (TPSA) is 166 Å². The highest BCUT2D eigenvalue weighted by Crippen LogP contribution is 2.19. The van der Waals surface area contributed by atoms with Gasteiger partial charge in [0.15, 0.2) is 0 Å². The summed E-state index contributed by atoms with van der Waals surface area (Å²) in [5.74, 6) is 0.445. The van der Waals surface area contributed by atoms with Crippen LogP contribution in [0.1, 0.15) is 130 Å². The van der Waals surface area contributed by atoms with Gasteiger partial charge in [0.25, 0.3) is 0 Å². The zero-order chi connectivity index (χ0) is 35.2. The molecular formula is C37H63N5O7. The third-order valence-corrected chi connectivity index (χ3v) is 8.48. The molecule has 0 spiro atoms. The molecular weight excluding hydrogens is 626 g/mol. The molecule has 1 aromatic heterocycles. The number of H-pyrrole nitrogens is 1. The third-order valence-electron chi connectivity index (χ3n) is 8.48. The maximum absolute atomic E-state index is 12.1. The van der Waals surface area contributed by atoms with Gasteiger partial charge in [-0.3, -0.25) is 14.4 Å². The van der Waals surface area contributed by atoms with Crippen LogP contribution in [0.25, 0.3) is 11.4 Å². The first-order valence-electron chi connectivity index (χ1n) is 18.6. The van der Waals surface area contributed by atoms with Crippen LogP contribution < -0.4 is 10.1 Å². The number of hydrogen-bond donors (Lipinski definition) is 3. The van der Waals surface area contributed by atoms with Gasteiger partial charge in [0.2, 0.25) is 11.7 Å². The molecule has 0 aliphatic carbocycles. The molecule has 0 radical (unpaired) electrons. The molecule has 1 amide bonds. The molecule has 0 aliphatic rings.